The van der Waals surface area contributed by atoms with Crippen molar-refractivity contribution in [3.63, 3.8) is 0 Å². The molecule has 19 heavy (non-hydrogen) atoms. The van der Waals surface area contributed by atoms with E-state index in [1.165, 1.54) is 6.07 Å². The number of hydrogen-bond donors (Lipinski definition) is 2. The van der Waals surface area contributed by atoms with Gasteiger partial charge in [-0.05, 0) is 26.3 Å². The number of urea groups is 1. The van der Waals surface area contributed by atoms with Crippen LogP contribution in [0.2, 0.25) is 0 Å². The quantitative estimate of drug-likeness (QED) is 0.778. The highest BCUT2D eigenvalue weighted by Crippen LogP contribution is 2.22. The van der Waals surface area contributed by atoms with Gasteiger partial charge in [-0.15, -0.1) is 0 Å². The molecule has 106 valence electrons. The molecule has 1 aromatic carbocycles. The second kappa shape index (κ2) is 7.09. The van der Waals surface area contributed by atoms with Crippen LogP contribution in [-0.4, -0.2) is 26.3 Å². The highest BCUT2D eigenvalue weighted by molar-refractivity contribution is 5.74. The summed E-state index contributed by atoms with van der Waals surface area (Å²) in [6.07, 6.45) is 0.740. The molecule has 0 spiro atoms. The van der Waals surface area contributed by atoms with E-state index in [0.717, 1.165) is 6.42 Å². The molecule has 0 aromatic heterocycles. The van der Waals surface area contributed by atoms with Crippen LogP contribution in [0.15, 0.2) is 24.3 Å². The van der Waals surface area contributed by atoms with Crippen LogP contribution in [0.3, 0.4) is 0 Å². The number of ether oxygens (including phenoxy) is 1. The zero-order valence-electron chi connectivity index (χ0n) is 11.6. The number of hydrogen-bond acceptors (Lipinski definition) is 2. The largest absolute Gasteiger partial charge is 0.385 e. The lowest BCUT2D eigenvalue weighted by molar-refractivity contribution is 0.192. The van der Waals surface area contributed by atoms with Gasteiger partial charge in [0.15, 0.2) is 0 Å². The average Bonchev–Trinajstić information content (AvgIpc) is 2.34. The first kappa shape index (κ1) is 15.4. The molecule has 0 bridgehead atoms. The Labute approximate surface area is 113 Å². The van der Waals surface area contributed by atoms with Crippen molar-refractivity contribution >= 4 is 6.03 Å². The molecule has 1 aromatic rings. The third kappa shape index (κ3) is 4.87. The first-order valence-electron chi connectivity index (χ1n) is 6.27. The van der Waals surface area contributed by atoms with Crippen LogP contribution in [0.25, 0.3) is 0 Å². The number of carbonyl (C=O) groups is 1. The Morgan fingerprint density at radius 3 is 2.68 bits per heavy atom. The molecule has 0 aliphatic rings. The van der Waals surface area contributed by atoms with Crippen LogP contribution < -0.4 is 10.6 Å². The number of rotatable bonds is 6. The summed E-state index contributed by atoms with van der Waals surface area (Å²) in [4.78, 5) is 11.7. The molecule has 0 aliphatic heterocycles. The molecule has 2 amide bonds. The maximum absolute atomic E-state index is 13.7. The van der Waals surface area contributed by atoms with E-state index >= 15 is 0 Å². The molecule has 0 heterocycles. The second-order valence-corrected chi connectivity index (χ2v) is 4.83. The topological polar surface area (TPSA) is 50.4 Å². The summed E-state index contributed by atoms with van der Waals surface area (Å²) in [6, 6.07) is 6.11. The first-order valence-corrected chi connectivity index (χ1v) is 6.27. The molecular formula is C14H21FN2O2. The summed E-state index contributed by atoms with van der Waals surface area (Å²) in [5, 5.41) is 5.47. The van der Waals surface area contributed by atoms with Gasteiger partial charge in [0.1, 0.15) is 5.82 Å². The summed E-state index contributed by atoms with van der Waals surface area (Å²) in [6.45, 7) is 4.64. The molecule has 0 radical (unpaired) electrons. The van der Waals surface area contributed by atoms with E-state index < -0.39 is 5.54 Å². The van der Waals surface area contributed by atoms with Crippen molar-refractivity contribution < 1.29 is 13.9 Å². The first-order chi connectivity index (χ1) is 8.97. The van der Waals surface area contributed by atoms with Gasteiger partial charge in [-0.3, -0.25) is 0 Å². The van der Waals surface area contributed by atoms with Gasteiger partial charge >= 0.3 is 6.03 Å². The van der Waals surface area contributed by atoms with E-state index in [9.17, 15) is 9.18 Å². The van der Waals surface area contributed by atoms with E-state index in [-0.39, 0.29) is 11.8 Å². The monoisotopic (exact) mass is 268 g/mol. The second-order valence-electron chi connectivity index (χ2n) is 4.83. The fourth-order valence-electron chi connectivity index (χ4n) is 1.78. The number of amides is 2. The van der Waals surface area contributed by atoms with Crippen molar-refractivity contribution in [2.24, 2.45) is 0 Å². The number of carbonyl (C=O) groups excluding carboxylic acids is 1. The number of benzene rings is 1. The lowest BCUT2D eigenvalue weighted by Crippen LogP contribution is -2.47. The molecule has 5 heteroatoms. The average molecular weight is 268 g/mol. The van der Waals surface area contributed by atoms with Gasteiger partial charge in [0.25, 0.3) is 0 Å². The van der Waals surface area contributed by atoms with Gasteiger partial charge in [0.2, 0.25) is 0 Å². The molecule has 0 fully saturated rings. The zero-order valence-corrected chi connectivity index (χ0v) is 11.6. The van der Waals surface area contributed by atoms with Crippen LogP contribution in [-0.2, 0) is 10.3 Å². The van der Waals surface area contributed by atoms with Crippen molar-refractivity contribution in [3.05, 3.63) is 35.6 Å². The minimum absolute atomic E-state index is 0.315. The highest BCUT2D eigenvalue weighted by atomic mass is 19.1. The molecule has 0 atom stereocenters. The Morgan fingerprint density at radius 1 is 1.37 bits per heavy atom. The van der Waals surface area contributed by atoms with Crippen LogP contribution in [0.4, 0.5) is 9.18 Å². The van der Waals surface area contributed by atoms with Gasteiger partial charge in [-0.1, -0.05) is 18.2 Å². The minimum Gasteiger partial charge on any atom is -0.385 e. The zero-order chi connectivity index (χ0) is 14.3. The van der Waals surface area contributed by atoms with Crippen LogP contribution in [0.5, 0.6) is 0 Å². The SMILES string of the molecule is COCCCNC(=O)NC(C)(C)c1ccccc1F. The molecule has 2 N–H and O–H groups in total. The van der Waals surface area contributed by atoms with Gasteiger partial charge in [0.05, 0.1) is 5.54 Å². The minimum atomic E-state index is -0.767. The normalized spacial score (nSPS) is 11.2. The fourth-order valence-corrected chi connectivity index (χ4v) is 1.78. The maximum atomic E-state index is 13.7. The van der Waals surface area contributed by atoms with Crippen LogP contribution in [0.1, 0.15) is 25.8 Å². The van der Waals surface area contributed by atoms with Gasteiger partial charge in [-0.25, -0.2) is 9.18 Å². The van der Waals surface area contributed by atoms with Crippen molar-refractivity contribution in [2.45, 2.75) is 25.8 Å². The standard InChI is InChI=1S/C14H21FN2O2/c1-14(2,11-7-4-5-8-12(11)15)17-13(18)16-9-6-10-19-3/h4-5,7-8H,6,9-10H2,1-3H3,(H2,16,17,18). The molecule has 0 saturated carbocycles. The number of halogens is 1. The Hall–Kier alpha value is -1.62. The van der Waals surface area contributed by atoms with E-state index in [1.54, 1.807) is 39.2 Å². The van der Waals surface area contributed by atoms with E-state index in [2.05, 4.69) is 10.6 Å². The Morgan fingerprint density at radius 2 is 2.05 bits per heavy atom. The summed E-state index contributed by atoms with van der Waals surface area (Å²) < 4.78 is 18.6. The fraction of sp³-hybridized carbons (Fsp3) is 0.500. The Kier molecular flexibility index (Phi) is 5.76. The molecule has 4 nitrogen and oxygen atoms in total. The van der Waals surface area contributed by atoms with Crippen LogP contribution in [0, 0.1) is 5.82 Å². The molecule has 0 saturated heterocycles. The predicted molar refractivity (Wildman–Crippen MR) is 72.5 cm³/mol. The maximum Gasteiger partial charge on any atom is 0.315 e. The van der Waals surface area contributed by atoms with Crippen LogP contribution >= 0.6 is 0 Å². The summed E-state index contributed by atoms with van der Waals surface area (Å²) in [5.41, 5.74) is -0.307. The van der Waals surface area contributed by atoms with E-state index in [0.29, 0.717) is 18.7 Å². The molecule has 0 unspecified atom stereocenters. The number of nitrogens with one attached hydrogen (secondary N) is 2. The van der Waals surface area contributed by atoms with Gasteiger partial charge < -0.3 is 15.4 Å². The van der Waals surface area contributed by atoms with Gasteiger partial charge in [0, 0.05) is 25.8 Å². The highest BCUT2D eigenvalue weighted by Gasteiger charge is 2.25. The van der Waals surface area contributed by atoms with Crippen molar-refractivity contribution in [1.29, 1.82) is 0 Å². The Bertz CT molecular complexity index is 422. The molecular weight excluding hydrogens is 247 g/mol. The van der Waals surface area contributed by atoms with E-state index in [1.807, 2.05) is 0 Å². The smallest absolute Gasteiger partial charge is 0.315 e. The van der Waals surface area contributed by atoms with Crippen molar-refractivity contribution in [1.82, 2.24) is 10.6 Å². The summed E-state index contributed by atoms with van der Waals surface area (Å²) in [7, 11) is 1.61. The predicted octanol–water partition coefficient (Wildman–Crippen LogP) is 2.40. The van der Waals surface area contributed by atoms with Crippen molar-refractivity contribution in [3.8, 4) is 0 Å². The van der Waals surface area contributed by atoms with E-state index in [4.69, 9.17) is 4.74 Å². The summed E-state index contributed by atoms with van der Waals surface area (Å²) in [5.74, 6) is -0.327. The lowest BCUT2D eigenvalue weighted by Gasteiger charge is -2.27. The third-order valence-electron chi connectivity index (χ3n) is 2.78. The Balaban J connectivity index is 2.55. The number of methoxy groups -OCH3 is 1. The molecule has 0 aliphatic carbocycles. The summed E-state index contributed by atoms with van der Waals surface area (Å²) >= 11 is 0. The van der Waals surface area contributed by atoms with Crippen molar-refractivity contribution in [2.75, 3.05) is 20.3 Å². The third-order valence-corrected chi connectivity index (χ3v) is 2.78. The molecule has 1 rings (SSSR count). The lowest BCUT2D eigenvalue weighted by atomic mass is 9.94. The van der Waals surface area contributed by atoms with Gasteiger partial charge in [-0.2, -0.15) is 0 Å².